The van der Waals surface area contributed by atoms with E-state index in [1.54, 1.807) is 0 Å². The van der Waals surface area contributed by atoms with Crippen molar-refractivity contribution in [3.63, 3.8) is 0 Å². The first-order chi connectivity index (χ1) is 6.95. The van der Waals surface area contributed by atoms with Crippen LogP contribution < -0.4 is 5.32 Å². The molecule has 1 aliphatic rings. The maximum absolute atomic E-state index is 11.7. The molecule has 1 atom stereocenters. The average Bonchev–Trinajstić information content (AvgIpc) is 2.48. The Bertz CT molecular complexity index is 220. The van der Waals surface area contributed by atoms with Crippen LogP contribution in [0.3, 0.4) is 0 Å². The van der Waals surface area contributed by atoms with Crippen molar-refractivity contribution in [2.24, 2.45) is 11.3 Å². The van der Waals surface area contributed by atoms with Crippen molar-refractivity contribution in [3.05, 3.63) is 0 Å². The highest BCUT2D eigenvalue weighted by molar-refractivity contribution is 5.78. The zero-order chi connectivity index (χ0) is 11.5. The smallest absolute Gasteiger partial charge is 0.222 e. The van der Waals surface area contributed by atoms with E-state index in [4.69, 9.17) is 0 Å². The van der Waals surface area contributed by atoms with Crippen LogP contribution in [-0.2, 0) is 4.79 Å². The zero-order valence-corrected chi connectivity index (χ0v) is 10.5. The summed E-state index contributed by atoms with van der Waals surface area (Å²) in [6.45, 7) is 9.52. The van der Waals surface area contributed by atoms with Gasteiger partial charge in [0.05, 0.1) is 0 Å². The molecule has 1 aliphatic heterocycles. The molecular weight excluding hydrogens is 188 g/mol. The van der Waals surface area contributed by atoms with Crippen LogP contribution in [0.15, 0.2) is 0 Å². The van der Waals surface area contributed by atoms with E-state index in [0.29, 0.717) is 11.8 Å². The Kier molecular flexibility index (Phi) is 4.14. The van der Waals surface area contributed by atoms with Crippen molar-refractivity contribution < 1.29 is 4.79 Å². The van der Waals surface area contributed by atoms with E-state index in [1.165, 1.54) is 0 Å². The highest BCUT2D eigenvalue weighted by Crippen LogP contribution is 2.34. The molecule has 1 amide bonds. The highest BCUT2D eigenvalue weighted by atomic mass is 16.2. The van der Waals surface area contributed by atoms with Crippen LogP contribution in [0.2, 0.25) is 0 Å². The predicted octanol–water partition coefficient (Wildman–Crippen LogP) is 1.49. The van der Waals surface area contributed by atoms with Crippen LogP contribution in [0.25, 0.3) is 0 Å². The average molecular weight is 212 g/mol. The number of hydrogen-bond donors (Lipinski definition) is 1. The fourth-order valence-electron chi connectivity index (χ4n) is 2.02. The van der Waals surface area contributed by atoms with Gasteiger partial charge in [0, 0.05) is 19.5 Å². The van der Waals surface area contributed by atoms with Gasteiger partial charge in [0.2, 0.25) is 5.91 Å². The van der Waals surface area contributed by atoms with Gasteiger partial charge in [-0.1, -0.05) is 20.8 Å². The molecule has 0 bridgehead atoms. The summed E-state index contributed by atoms with van der Waals surface area (Å²) in [5.74, 6) is 0.866. The Labute approximate surface area is 93.2 Å². The van der Waals surface area contributed by atoms with Crippen molar-refractivity contribution in [3.8, 4) is 0 Å². The molecule has 0 saturated carbocycles. The number of hydrogen-bond acceptors (Lipinski definition) is 2. The van der Waals surface area contributed by atoms with Crippen LogP contribution in [0.1, 0.15) is 33.6 Å². The number of carbonyl (C=O) groups excluding carboxylic acids is 1. The molecule has 1 N–H and O–H groups in total. The third-order valence-corrected chi connectivity index (χ3v) is 3.29. The topological polar surface area (TPSA) is 32.3 Å². The lowest BCUT2D eigenvalue weighted by molar-refractivity contribution is -0.127. The quantitative estimate of drug-likeness (QED) is 0.716. The van der Waals surface area contributed by atoms with Crippen LogP contribution >= 0.6 is 0 Å². The summed E-state index contributed by atoms with van der Waals surface area (Å²) in [7, 11) is 1.95. The summed E-state index contributed by atoms with van der Waals surface area (Å²) in [5, 5.41) is 3.11. The van der Waals surface area contributed by atoms with E-state index in [9.17, 15) is 4.79 Å². The zero-order valence-electron chi connectivity index (χ0n) is 10.5. The molecule has 1 fully saturated rings. The number of likely N-dealkylation sites (tertiary alicyclic amines) is 1. The van der Waals surface area contributed by atoms with Crippen LogP contribution in [-0.4, -0.2) is 37.5 Å². The van der Waals surface area contributed by atoms with E-state index in [1.807, 2.05) is 11.9 Å². The normalized spacial score (nSPS) is 22.5. The second-order valence-electron chi connectivity index (χ2n) is 5.56. The Morgan fingerprint density at radius 2 is 2.13 bits per heavy atom. The number of amides is 1. The maximum Gasteiger partial charge on any atom is 0.222 e. The van der Waals surface area contributed by atoms with E-state index < -0.39 is 0 Å². The Morgan fingerprint density at radius 3 is 2.60 bits per heavy atom. The van der Waals surface area contributed by atoms with Crippen LogP contribution in [0.4, 0.5) is 0 Å². The Balaban J connectivity index is 2.39. The van der Waals surface area contributed by atoms with Gasteiger partial charge in [0.15, 0.2) is 0 Å². The predicted molar refractivity (Wildman–Crippen MR) is 62.7 cm³/mol. The van der Waals surface area contributed by atoms with Crippen molar-refractivity contribution in [2.75, 3.05) is 26.7 Å². The number of nitrogens with zero attached hydrogens (tertiary/aromatic N) is 1. The fraction of sp³-hybridized carbons (Fsp3) is 0.917. The molecule has 1 saturated heterocycles. The van der Waals surface area contributed by atoms with Gasteiger partial charge in [-0.15, -0.1) is 0 Å². The second kappa shape index (κ2) is 4.97. The first-order valence-electron chi connectivity index (χ1n) is 5.87. The van der Waals surface area contributed by atoms with Gasteiger partial charge < -0.3 is 10.2 Å². The molecule has 0 aliphatic carbocycles. The molecule has 0 radical (unpaired) electrons. The van der Waals surface area contributed by atoms with Crippen molar-refractivity contribution in [1.82, 2.24) is 10.2 Å². The Morgan fingerprint density at radius 1 is 1.47 bits per heavy atom. The second-order valence-corrected chi connectivity index (χ2v) is 5.56. The van der Waals surface area contributed by atoms with Crippen molar-refractivity contribution in [1.29, 1.82) is 0 Å². The van der Waals surface area contributed by atoms with Crippen molar-refractivity contribution in [2.45, 2.75) is 33.6 Å². The molecule has 3 heteroatoms. The summed E-state index contributed by atoms with van der Waals surface area (Å²) < 4.78 is 0. The maximum atomic E-state index is 11.7. The summed E-state index contributed by atoms with van der Waals surface area (Å²) in [6, 6.07) is 0. The van der Waals surface area contributed by atoms with E-state index in [-0.39, 0.29) is 5.41 Å². The van der Waals surface area contributed by atoms with E-state index in [2.05, 4.69) is 26.1 Å². The third-order valence-electron chi connectivity index (χ3n) is 3.29. The molecule has 0 aromatic carbocycles. The van der Waals surface area contributed by atoms with E-state index in [0.717, 1.165) is 32.5 Å². The van der Waals surface area contributed by atoms with Gasteiger partial charge in [-0.3, -0.25) is 4.79 Å². The van der Waals surface area contributed by atoms with Gasteiger partial charge in [0.25, 0.3) is 0 Å². The van der Waals surface area contributed by atoms with Gasteiger partial charge in [0.1, 0.15) is 0 Å². The summed E-state index contributed by atoms with van der Waals surface area (Å²) >= 11 is 0. The van der Waals surface area contributed by atoms with Gasteiger partial charge in [-0.05, 0) is 31.3 Å². The molecule has 1 rings (SSSR count). The minimum Gasteiger partial charge on any atom is -0.342 e. The molecule has 1 unspecified atom stereocenters. The third kappa shape index (κ3) is 3.49. The van der Waals surface area contributed by atoms with E-state index >= 15 is 0 Å². The highest BCUT2D eigenvalue weighted by Gasteiger charge is 2.36. The van der Waals surface area contributed by atoms with Gasteiger partial charge in [-0.2, -0.15) is 0 Å². The van der Waals surface area contributed by atoms with Crippen LogP contribution in [0, 0.1) is 11.3 Å². The molecule has 0 aromatic heterocycles. The Hall–Kier alpha value is -0.570. The number of rotatable bonds is 4. The number of nitrogens with one attached hydrogen (secondary N) is 1. The lowest BCUT2D eigenvalue weighted by atomic mass is 9.80. The standard InChI is InChI=1S/C12H24N2O/c1-12(2,3)10-8-11(15)14(9-10)7-5-6-13-4/h10,13H,5-9H2,1-4H3. The lowest BCUT2D eigenvalue weighted by Crippen LogP contribution is -2.30. The van der Waals surface area contributed by atoms with Crippen molar-refractivity contribution >= 4 is 5.91 Å². The number of carbonyl (C=O) groups is 1. The van der Waals surface area contributed by atoms with Crippen LogP contribution in [0.5, 0.6) is 0 Å². The summed E-state index contributed by atoms with van der Waals surface area (Å²) in [5.41, 5.74) is 0.257. The molecule has 1 heterocycles. The lowest BCUT2D eigenvalue weighted by Gasteiger charge is -2.26. The molecular formula is C12H24N2O. The molecule has 15 heavy (non-hydrogen) atoms. The SMILES string of the molecule is CNCCCN1CC(C(C)(C)C)CC1=O. The fourth-order valence-corrected chi connectivity index (χ4v) is 2.02. The van der Waals surface area contributed by atoms with Gasteiger partial charge >= 0.3 is 0 Å². The largest absolute Gasteiger partial charge is 0.342 e. The molecule has 88 valence electrons. The van der Waals surface area contributed by atoms with Gasteiger partial charge in [-0.25, -0.2) is 0 Å². The summed E-state index contributed by atoms with van der Waals surface area (Å²) in [4.78, 5) is 13.8. The molecule has 0 aromatic rings. The molecule has 3 nitrogen and oxygen atoms in total. The summed E-state index contributed by atoms with van der Waals surface area (Å²) in [6.07, 6.45) is 1.79. The minimum atomic E-state index is 0.257. The first kappa shape index (κ1) is 12.5. The molecule has 0 spiro atoms. The minimum absolute atomic E-state index is 0.257. The first-order valence-corrected chi connectivity index (χ1v) is 5.87. The monoisotopic (exact) mass is 212 g/mol.